The van der Waals surface area contributed by atoms with Crippen LogP contribution in [0.3, 0.4) is 0 Å². The highest BCUT2D eigenvalue weighted by atomic mass is 79.9. The lowest BCUT2D eigenvalue weighted by Crippen LogP contribution is -2.23. The molecule has 0 saturated carbocycles. The van der Waals surface area contributed by atoms with Crippen molar-refractivity contribution in [2.45, 2.75) is 71.9 Å². The summed E-state index contributed by atoms with van der Waals surface area (Å²) in [5.41, 5.74) is 2.61. The summed E-state index contributed by atoms with van der Waals surface area (Å²) in [6, 6.07) is 6.50. The smallest absolute Gasteiger partial charge is 0.127 e. The molecule has 3 heteroatoms. The molecule has 0 aromatic heterocycles. The summed E-state index contributed by atoms with van der Waals surface area (Å²) in [5.74, 6) is 0. The van der Waals surface area contributed by atoms with Crippen LogP contribution in [0.25, 0.3) is 0 Å². The highest BCUT2D eigenvalue weighted by Crippen LogP contribution is 2.24. The van der Waals surface area contributed by atoms with Gasteiger partial charge >= 0.3 is 0 Å². The molecule has 0 fully saturated rings. The number of hydrogen-bond donors (Lipinski definition) is 1. The van der Waals surface area contributed by atoms with Crippen LogP contribution in [0.4, 0.5) is 5.69 Å². The fourth-order valence-corrected chi connectivity index (χ4v) is 2.76. The Kier molecular flexibility index (Phi) is 9.77. The Morgan fingerprint density at radius 1 is 1.10 bits per heavy atom. The lowest BCUT2D eigenvalue weighted by molar-refractivity contribution is 0.0702. The lowest BCUT2D eigenvalue weighted by atomic mass is 10.0. The third kappa shape index (κ3) is 7.32. The number of aryl methyl sites for hydroxylation is 1. The summed E-state index contributed by atoms with van der Waals surface area (Å²) in [6.45, 7) is 7.37. The van der Waals surface area contributed by atoms with Crippen LogP contribution < -0.4 is 5.32 Å². The van der Waals surface area contributed by atoms with Gasteiger partial charge in [0.25, 0.3) is 0 Å². The molecule has 2 nitrogen and oxygen atoms in total. The zero-order chi connectivity index (χ0) is 15.5. The Morgan fingerprint density at radius 2 is 1.90 bits per heavy atom. The normalized spacial score (nSPS) is 12.4. The van der Waals surface area contributed by atoms with Crippen molar-refractivity contribution in [2.24, 2.45) is 0 Å². The van der Waals surface area contributed by atoms with Crippen molar-refractivity contribution < 1.29 is 4.74 Å². The Hall–Kier alpha value is -0.540. The van der Waals surface area contributed by atoms with E-state index in [0.717, 1.165) is 30.3 Å². The second kappa shape index (κ2) is 11.1. The molecule has 1 atom stereocenters. The van der Waals surface area contributed by atoms with Gasteiger partial charge in [0.1, 0.15) is 6.23 Å². The summed E-state index contributed by atoms with van der Waals surface area (Å²) < 4.78 is 7.00. The summed E-state index contributed by atoms with van der Waals surface area (Å²) in [4.78, 5) is 0. The fourth-order valence-electron chi connectivity index (χ4n) is 2.35. The van der Waals surface area contributed by atoms with E-state index >= 15 is 0 Å². The molecule has 0 aliphatic heterocycles. The predicted octanol–water partition coefficient (Wildman–Crippen LogP) is 6.15. The molecule has 0 spiro atoms. The quantitative estimate of drug-likeness (QED) is 0.379. The summed E-state index contributed by atoms with van der Waals surface area (Å²) >= 11 is 3.59. The van der Waals surface area contributed by atoms with Crippen molar-refractivity contribution in [3.05, 3.63) is 28.2 Å². The molecule has 0 bridgehead atoms. The van der Waals surface area contributed by atoms with E-state index in [1.165, 1.54) is 36.9 Å². The van der Waals surface area contributed by atoms with E-state index < -0.39 is 0 Å². The van der Waals surface area contributed by atoms with Crippen LogP contribution >= 0.6 is 15.9 Å². The summed E-state index contributed by atoms with van der Waals surface area (Å²) in [5, 5.41) is 3.56. The molecule has 0 aliphatic carbocycles. The molecule has 1 aromatic rings. The maximum absolute atomic E-state index is 5.85. The highest BCUT2D eigenvalue weighted by molar-refractivity contribution is 9.10. The third-order valence-electron chi connectivity index (χ3n) is 3.58. The highest BCUT2D eigenvalue weighted by Gasteiger charge is 2.09. The molecule has 21 heavy (non-hydrogen) atoms. The molecule has 1 unspecified atom stereocenters. The fraction of sp³-hybridized carbons (Fsp3) is 0.667. The zero-order valence-corrected chi connectivity index (χ0v) is 15.3. The van der Waals surface area contributed by atoms with E-state index in [1.807, 2.05) is 0 Å². The Labute approximate surface area is 138 Å². The number of anilines is 1. The monoisotopic (exact) mass is 355 g/mol. The molecule has 0 saturated heterocycles. The first-order valence-corrected chi connectivity index (χ1v) is 9.17. The molecule has 120 valence electrons. The van der Waals surface area contributed by atoms with Crippen LogP contribution in [0.15, 0.2) is 22.7 Å². The van der Waals surface area contributed by atoms with Crippen LogP contribution in [0.5, 0.6) is 0 Å². The van der Waals surface area contributed by atoms with Crippen molar-refractivity contribution in [1.82, 2.24) is 0 Å². The molecule has 1 aromatic carbocycles. The van der Waals surface area contributed by atoms with Crippen LogP contribution in [-0.2, 0) is 11.2 Å². The number of halogens is 1. The van der Waals surface area contributed by atoms with Gasteiger partial charge in [0.2, 0.25) is 0 Å². The predicted molar refractivity (Wildman–Crippen MR) is 95.9 cm³/mol. The maximum Gasteiger partial charge on any atom is 0.127 e. The first-order valence-electron chi connectivity index (χ1n) is 8.37. The summed E-state index contributed by atoms with van der Waals surface area (Å²) in [7, 11) is 0. The van der Waals surface area contributed by atoms with E-state index in [1.54, 1.807) is 0 Å². The molecular weight excluding hydrogens is 326 g/mol. The first kappa shape index (κ1) is 18.5. The van der Waals surface area contributed by atoms with Crippen molar-refractivity contribution in [1.29, 1.82) is 0 Å². The topological polar surface area (TPSA) is 21.3 Å². The van der Waals surface area contributed by atoms with Crippen LogP contribution in [0, 0.1) is 0 Å². The molecule has 0 radical (unpaired) electrons. The summed E-state index contributed by atoms with van der Waals surface area (Å²) in [6.07, 6.45) is 8.46. The van der Waals surface area contributed by atoms with Crippen molar-refractivity contribution in [3.8, 4) is 0 Å². The minimum absolute atomic E-state index is 0.112. The van der Waals surface area contributed by atoms with E-state index in [2.05, 4.69) is 60.2 Å². The maximum atomic E-state index is 5.85. The molecular formula is C18H30BrNO. The molecule has 0 amide bonds. The van der Waals surface area contributed by atoms with Gasteiger partial charge in [-0.15, -0.1) is 0 Å². The molecule has 0 heterocycles. The van der Waals surface area contributed by atoms with E-state index in [0.29, 0.717) is 0 Å². The number of hydrogen-bond acceptors (Lipinski definition) is 2. The van der Waals surface area contributed by atoms with E-state index in [4.69, 9.17) is 4.74 Å². The van der Waals surface area contributed by atoms with Crippen LogP contribution in [0.1, 0.15) is 64.9 Å². The van der Waals surface area contributed by atoms with Crippen molar-refractivity contribution in [3.63, 3.8) is 0 Å². The number of nitrogens with one attached hydrogen (secondary N) is 1. The van der Waals surface area contributed by atoms with Gasteiger partial charge in [-0.3, -0.25) is 0 Å². The van der Waals surface area contributed by atoms with Gasteiger partial charge in [-0.25, -0.2) is 0 Å². The largest absolute Gasteiger partial charge is 0.360 e. The second-order valence-corrected chi connectivity index (χ2v) is 6.44. The molecule has 0 aliphatic rings. The van der Waals surface area contributed by atoms with Crippen molar-refractivity contribution >= 4 is 21.6 Å². The van der Waals surface area contributed by atoms with Gasteiger partial charge in [0.05, 0.1) is 0 Å². The Morgan fingerprint density at radius 3 is 2.57 bits per heavy atom. The van der Waals surface area contributed by atoms with Crippen molar-refractivity contribution in [2.75, 3.05) is 11.9 Å². The Balaban J connectivity index is 2.66. The minimum Gasteiger partial charge on any atom is -0.360 e. The second-order valence-electron chi connectivity index (χ2n) is 5.52. The average molecular weight is 356 g/mol. The van der Waals surface area contributed by atoms with Gasteiger partial charge in [0, 0.05) is 16.8 Å². The first-order chi connectivity index (χ1) is 10.2. The standard InChI is InChI=1S/C18H30BrNO/c1-4-7-8-9-10-15-14-16(19)11-12-17(15)20-18(6-3)21-13-5-2/h11-12,14,18,20H,4-10,13H2,1-3H3. The molecule has 1 N–H and O–H groups in total. The van der Waals surface area contributed by atoms with Gasteiger partial charge in [0.15, 0.2) is 0 Å². The number of benzene rings is 1. The minimum atomic E-state index is 0.112. The Bertz CT molecular complexity index is 395. The number of unbranched alkanes of at least 4 members (excludes halogenated alkanes) is 3. The SMILES string of the molecule is CCCCCCc1cc(Br)ccc1NC(CC)OCCC. The molecule has 1 rings (SSSR count). The third-order valence-corrected chi connectivity index (χ3v) is 4.07. The lowest BCUT2D eigenvalue weighted by Gasteiger charge is -2.21. The van der Waals surface area contributed by atoms with Gasteiger partial charge < -0.3 is 10.1 Å². The van der Waals surface area contributed by atoms with E-state index in [-0.39, 0.29) is 6.23 Å². The average Bonchev–Trinajstić information content (AvgIpc) is 2.49. The van der Waals surface area contributed by atoms with Gasteiger partial charge in [-0.05, 0) is 49.4 Å². The van der Waals surface area contributed by atoms with Crippen LogP contribution in [-0.4, -0.2) is 12.8 Å². The van der Waals surface area contributed by atoms with Crippen LogP contribution in [0.2, 0.25) is 0 Å². The zero-order valence-electron chi connectivity index (χ0n) is 13.8. The van der Waals surface area contributed by atoms with Gasteiger partial charge in [-0.2, -0.15) is 0 Å². The number of rotatable bonds is 11. The number of ether oxygens (including phenoxy) is 1. The van der Waals surface area contributed by atoms with E-state index in [9.17, 15) is 0 Å². The van der Waals surface area contributed by atoms with Gasteiger partial charge in [-0.1, -0.05) is 56.0 Å².